The lowest BCUT2D eigenvalue weighted by atomic mass is 10.3. The molecule has 0 N–H and O–H groups in total. The molecule has 0 saturated heterocycles. The molecule has 16 heavy (non-hydrogen) atoms. The molecule has 1 heterocycles. The highest BCUT2D eigenvalue weighted by Crippen LogP contribution is 2.31. The molecule has 1 aromatic carbocycles. The normalized spacial score (nSPS) is 10.1. The summed E-state index contributed by atoms with van der Waals surface area (Å²) in [6.07, 6.45) is 0.648. The van der Waals surface area contributed by atoms with E-state index in [1.165, 1.54) is 0 Å². The molecule has 2 aromatic rings. The summed E-state index contributed by atoms with van der Waals surface area (Å²) >= 11 is 12.5. The van der Waals surface area contributed by atoms with Crippen molar-refractivity contribution in [1.29, 1.82) is 0 Å². The fourth-order valence-corrected chi connectivity index (χ4v) is 2.07. The van der Waals surface area contributed by atoms with Crippen LogP contribution in [0.5, 0.6) is 10.9 Å². The summed E-state index contributed by atoms with van der Waals surface area (Å²) < 4.78 is 5.40. The molecular weight excluding hydrogens is 269 g/mol. The molecule has 0 saturated carbocycles. The quantitative estimate of drug-likeness (QED) is 0.792. The average molecular weight is 274 g/mol. The Kier molecular flexibility index (Phi) is 3.43. The number of aldehydes is 1. The van der Waals surface area contributed by atoms with E-state index in [4.69, 9.17) is 27.9 Å². The number of carbonyl (C=O) groups excluding carboxylic acids is 1. The van der Waals surface area contributed by atoms with Gasteiger partial charge in [-0.15, -0.1) is 0 Å². The lowest BCUT2D eigenvalue weighted by Gasteiger charge is -2.00. The highest BCUT2D eigenvalue weighted by Gasteiger charge is 2.09. The second-order valence-electron chi connectivity index (χ2n) is 2.81. The number of hydrogen-bond donors (Lipinski definition) is 0. The van der Waals surface area contributed by atoms with Gasteiger partial charge in [0.2, 0.25) is 0 Å². The van der Waals surface area contributed by atoms with E-state index in [0.29, 0.717) is 27.1 Å². The van der Waals surface area contributed by atoms with Crippen LogP contribution in [0, 0.1) is 0 Å². The van der Waals surface area contributed by atoms with E-state index in [-0.39, 0.29) is 5.15 Å². The van der Waals surface area contributed by atoms with Crippen molar-refractivity contribution in [3.05, 3.63) is 39.3 Å². The number of nitrogens with zero attached hydrogens (tertiary/aromatic N) is 1. The predicted molar refractivity (Wildman–Crippen MR) is 64.0 cm³/mol. The number of benzene rings is 1. The van der Waals surface area contributed by atoms with Gasteiger partial charge >= 0.3 is 0 Å². The maximum Gasteiger partial charge on any atom is 0.280 e. The Labute approximate surface area is 106 Å². The largest absolute Gasteiger partial charge is 0.431 e. The summed E-state index contributed by atoms with van der Waals surface area (Å²) in [5.74, 6) is 0.590. The van der Waals surface area contributed by atoms with Gasteiger partial charge in [0.15, 0.2) is 11.4 Å². The predicted octanol–water partition coefficient (Wildman–Crippen LogP) is 4.05. The van der Waals surface area contributed by atoms with E-state index in [2.05, 4.69) is 4.98 Å². The summed E-state index contributed by atoms with van der Waals surface area (Å²) in [4.78, 5) is 14.8. The average Bonchev–Trinajstić information content (AvgIpc) is 2.62. The van der Waals surface area contributed by atoms with Gasteiger partial charge in [0.05, 0.1) is 0 Å². The van der Waals surface area contributed by atoms with E-state index in [1.807, 2.05) is 0 Å². The van der Waals surface area contributed by atoms with Gasteiger partial charge in [-0.2, -0.15) is 4.98 Å². The van der Waals surface area contributed by atoms with Crippen molar-refractivity contribution in [3.8, 4) is 10.9 Å². The van der Waals surface area contributed by atoms with Crippen molar-refractivity contribution < 1.29 is 9.53 Å². The van der Waals surface area contributed by atoms with Gasteiger partial charge in [0.1, 0.15) is 10.6 Å². The van der Waals surface area contributed by atoms with Crippen molar-refractivity contribution >= 4 is 40.8 Å². The van der Waals surface area contributed by atoms with Gasteiger partial charge in [0, 0.05) is 5.02 Å². The van der Waals surface area contributed by atoms with Crippen molar-refractivity contribution in [2.45, 2.75) is 0 Å². The molecule has 3 nitrogen and oxygen atoms in total. The first-order chi connectivity index (χ1) is 7.69. The maximum absolute atomic E-state index is 10.6. The van der Waals surface area contributed by atoms with Crippen molar-refractivity contribution in [2.75, 3.05) is 0 Å². The lowest BCUT2D eigenvalue weighted by Crippen LogP contribution is -1.81. The van der Waals surface area contributed by atoms with Gasteiger partial charge in [-0.1, -0.05) is 34.5 Å². The molecule has 0 aliphatic heterocycles. The first-order valence-electron chi connectivity index (χ1n) is 4.24. The minimum absolute atomic E-state index is 0.156. The third-order valence-electron chi connectivity index (χ3n) is 1.72. The van der Waals surface area contributed by atoms with E-state index >= 15 is 0 Å². The van der Waals surface area contributed by atoms with Gasteiger partial charge < -0.3 is 4.74 Å². The number of aromatic nitrogens is 1. The molecule has 0 amide bonds. The number of ether oxygens (including phenoxy) is 1. The van der Waals surface area contributed by atoms with Crippen LogP contribution in [0.2, 0.25) is 10.2 Å². The number of rotatable bonds is 3. The third kappa shape index (κ3) is 2.52. The molecule has 2 rings (SSSR count). The van der Waals surface area contributed by atoms with Crippen LogP contribution in [-0.2, 0) is 0 Å². The maximum atomic E-state index is 10.6. The molecule has 0 fully saturated rings. The smallest absolute Gasteiger partial charge is 0.280 e. The SMILES string of the molecule is O=Cc1sc(Oc2ccc(Cl)cc2)nc1Cl. The van der Waals surface area contributed by atoms with E-state index in [1.54, 1.807) is 24.3 Å². The first kappa shape index (κ1) is 11.4. The van der Waals surface area contributed by atoms with Crippen LogP contribution < -0.4 is 4.74 Å². The number of thiazole rings is 1. The Balaban J connectivity index is 2.20. The Morgan fingerprint density at radius 3 is 2.50 bits per heavy atom. The minimum atomic E-state index is 0.156. The Morgan fingerprint density at radius 2 is 1.94 bits per heavy atom. The molecule has 0 aliphatic carbocycles. The topological polar surface area (TPSA) is 39.2 Å². The number of halogens is 2. The van der Waals surface area contributed by atoms with E-state index < -0.39 is 0 Å². The van der Waals surface area contributed by atoms with Gasteiger partial charge in [0.25, 0.3) is 5.19 Å². The molecule has 0 bridgehead atoms. The molecule has 0 radical (unpaired) electrons. The highest BCUT2D eigenvalue weighted by atomic mass is 35.5. The summed E-state index contributed by atoms with van der Waals surface area (Å²) in [5.41, 5.74) is 0. The molecule has 82 valence electrons. The zero-order valence-corrected chi connectivity index (χ0v) is 10.1. The second kappa shape index (κ2) is 4.82. The molecule has 6 heteroatoms. The highest BCUT2D eigenvalue weighted by molar-refractivity contribution is 7.15. The molecule has 0 spiro atoms. The standard InChI is InChI=1S/C10H5Cl2NO2S/c11-6-1-3-7(4-2-6)15-10-13-9(12)8(5-14)16-10/h1-5H. The van der Waals surface area contributed by atoms with Crippen molar-refractivity contribution in [1.82, 2.24) is 4.98 Å². The zero-order chi connectivity index (χ0) is 11.5. The fraction of sp³-hybridized carbons (Fsp3) is 0. The number of carbonyl (C=O) groups is 1. The van der Waals surface area contributed by atoms with Crippen LogP contribution in [0.1, 0.15) is 9.67 Å². The molecular formula is C10H5Cl2NO2S. The Bertz CT molecular complexity index is 510. The van der Waals surface area contributed by atoms with Crippen LogP contribution in [0.3, 0.4) is 0 Å². The Morgan fingerprint density at radius 1 is 1.25 bits per heavy atom. The van der Waals surface area contributed by atoms with Crippen molar-refractivity contribution in [3.63, 3.8) is 0 Å². The summed E-state index contributed by atoms with van der Waals surface area (Å²) in [6, 6.07) is 6.82. The van der Waals surface area contributed by atoms with Crippen LogP contribution >= 0.6 is 34.5 Å². The fourth-order valence-electron chi connectivity index (χ4n) is 1.01. The summed E-state index contributed by atoms with van der Waals surface area (Å²) in [7, 11) is 0. The summed E-state index contributed by atoms with van der Waals surface area (Å²) in [6.45, 7) is 0. The van der Waals surface area contributed by atoms with Crippen LogP contribution in [0.25, 0.3) is 0 Å². The van der Waals surface area contributed by atoms with E-state index in [9.17, 15) is 4.79 Å². The molecule has 0 aliphatic rings. The zero-order valence-electron chi connectivity index (χ0n) is 7.81. The third-order valence-corrected chi connectivity index (χ3v) is 3.23. The molecule has 1 aromatic heterocycles. The minimum Gasteiger partial charge on any atom is -0.431 e. The van der Waals surface area contributed by atoms with Crippen LogP contribution in [-0.4, -0.2) is 11.3 Å². The van der Waals surface area contributed by atoms with Gasteiger partial charge in [-0.3, -0.25) is 4.79 Å². The molecule has 0 atom stereocenters. The first-order valence-corrected chi connectivity index (χ1v) is 5.81. The van der Waals surface area contributed by atoms with Crippen LogP contribution in [0.4, 0.5) is 0 Å². The lowest BCUT2D eigenvalue weighted by molar-refractivity contribution is 0.112. The summed E-state index contributed by atoms with van der Waals surface area (Å²) in [5, 5.41) is 1.11. The monoisotopic (exact) mass is 273 g/mol. The van der Waals surface area contributed by atoms with E-state index in [0.717, 1.165) is 11.3 Å². The molecule has 0 unspecified atom stereocenters. The number of hydrogen-bond acceptors (Lipinski definition) is 4. The van der Waals surface area contributed by atoms with Gasteiger partial charge in [-0.05, 0) is 24.3 Å². The van der Waals surface area contributed by atoms with Crippen molar-refractivity contribution in [2.24, 2.45) is 0 Å². The Hall–Kier alpha value is -1.10. The van der Waals surface area contributed by atoms with Crippen LogP contribution in [0.15, 0.2) is 24.3 Å². The van der Waals surface area contributed by atoms with Gasteiger partial charge in [-0.25, -0.2) is 0 Å². The second-order valence-corrected chi connectivity index (χ2v) is 4.60.